The summed E-state index contributed by atoms with van der Waals surface area (Å²) in [5.74, 6) is 0. The van der Waals surface area contributed by atoms with Crippen LogP contribution in [-0.2, 0) is 0 Å². The van der Waals surface area contributed by atoms with E-state index in [0.29, 0.717) is 0 Å². The van der Waals surface area contributed by atoms with E-state index >= 15 is 0 Å². The van der Waals surface area contributed by atoms with E-state index in [1.807, 2.05) is 0 Å². The fourth-order valence-corrected chi connectivity index (χ4v) is 4.45. The predicted octanol–water partition coefficient (Wildman–Crippen LogP) is 5.81. The highest BCUT2D eigenvalue weighted by molar-refractivity contribution is 6.10. The van der Waals surface area contributed by atoms with Gasteiger partial charge in [-0.25, -0.2) is 0 Å². The zero-order valence-corrected chi connectivity index (χ0v) is 14.2. The lowest BCUT2D eigenvalue weighted by Gasteiger charge is -2.06. The predicted molar refractivity (Wildman–Crippen MR) is 110 cm³/mol. The molecule has 0 spiro atoms. The summed E-state index contributed by atoms with van der Waals surface area (Å²) < 4.78 is 0. The second-order valence-electron chi connectivity index (χ2n) is 7.00. The Bertz CT molecular complexity index is 1450. The Morgan fingerprint density at radius 2 is 1.19 bits per heavy atom. The van der Waals surface area contributed by atoms with Crippen LogP contribution in [0.1, 0.15) is 5.56 Å². The third-order valence-electron chi connectivity index (χ3n) is 5.60. The molecule has 0 fully saturated rings. The summed E-state index contributed by atoms with van der Waals surface area (Å²) in [4.78, 5) is 0. The number of hydrogen-bond acceptors (Lipinski definition) is 0. The van der Waals surface area contributed by atoms with E-state index in [2.05, 4.69) is 97.1 Å². The SMILES string of the molecule is C1=c2c(cccc2=c2ccc3cccc4cccc2c43)-c2ccccc21. The fourth-order valence-electron chi connectivity index (χ4n) is 4.45. The highest BCUT2D eigenvalue weighted by Crippen LogP contribution is 2.29. The van der Waals surface area contributed by atoms with E-state index in [0.717, 1.165) is 0 Å². The van der Waals surface area contributed by atoms with Gasteiger partial charge >= 0.3 is 0 Å². The first kappa shape index (κ1) is 13.9. The van der Waals surface area contributed by atoms with Crippen LogP contribution in [0.5, 0.6) is 0 Å². The third kappa shape index (κ3) is 1.79. The summed E-state index contributed by atoms with van der Waals surface area (Å²) in [5, 5.41) is 9.28. The quantitative estimate of drug-likeness (QED) is 0.330. The van der Waals surface area contributed by atoms with Crippen LogP contribution in [-0.4, -0.2) is 0 Å². The summed E-state index contributed by atoms with van der Waals surface area (Å²) >= 11 is 0. The van der Waals surface area contributed by atoms with Gasteiger partial charge in [0.25, 0.3) is 0 Å². The first-order chi connectivity index (χ1) is 12.9. The molecule has 0 aromatic heterocycles. The van der Waals surface area contributed by atoms with Crippen molar-refractivity contribution in [3.8, 4) is 11.1 Å². The molecular formula is C26H16. The molecule has 5 aromatic rings. The summed E-state index contributed by atoms with van der Waals surface area (Å²) in [5.41, 5.74) is 3.99. The highest BCUT2D eigenvalue weighted by atomic mass is 14.2. The Hall–Kier alpha value is -3.38. The van der Waals surface area contributed by atoms with Crippen LogP contribution in [0.25, 0.3) is 38.7 Å². The molecule has 0 amide bonds. The maximum atomic E-state index is 2.33. The summed E-state index contributed by atoms with van der Waals surface area (Å²) in [6.45, 7) is 0. The van der Waals surface area contributed by atoms with E-state index in [1.54, 1.807) is 0 Å². The van der Waals surface area contributed by atoms with Crippen molar-refractivity contribution in [3.05, 3.63) is 112 Å². The normalized spacial score (nSPS) is 13.5. The lowest BCUT2D eigenvalue weighted by atomic mass is 9.97. The van der Waals surface area contributed by atoms with Crippen molar-refractivity contribution in [3.63, 3.8) is 0 Å². The molecule has 0 radical (unpaired) electrons. The molecule has 0 saturated carbocycles. The summed E-state index contributed by atoms with van der Waals surface area (Å²) in [6, 6.07) is 33.1. The van der Waals surface area contributed by atoms with Crippen molar-refractivity contribution < 1.29 is 0 Å². The molecule has 0 heterocycles. The van der Waals surface area contributed by atoms with Gasteiger partial charge in [-0.2, -0.15) is 0 Å². The monoisotopic (exact) mass is 328 g/mol. The summed E-state index contributed by atoms with van der Waals surface area (Å²) in [7, 11) is 0. The molecule has 120 valence electrons. The minimum Gasteiger partial charge on any atom is -0.0616 e. The molecular weight excluding hydrogens is 312 g/mol. The third-order valence-corrected chi connectivity index (χ3v) is 5.60. The average molecular weight is 328 g/mol. The van der Waals surface area contributed by atoms with Crippen molar-refractivity contribution in [1.82, 2.24) is 0 Å². The molecule has 6 rings (SSSR count). The van der Waals surface area contributed by atoms with E-state index < -0.39 is 0 Å². The Balaban J connectivity index is 1.89. The maximum absolute atomic E-state index is 2.33. The Labute approximate surface area is 151 Å². The van der Waals surface area contributed by atoms with Gasteiger partial charge < -0.3 is 0 Å². The number of benzene rings is 5. The minimum atomic E-state index is 1.31. The Morgan fingerprint density at radius 3 is 2.12 bits per heavy atom. The molecule has 1 aliphatic carbocycles. The topological polar surface area (TPSA) is 0 Å². The van der Waals surface area contributed by atoms with Gasteiger partial charge in [0.05, 0.1) is 0 Å². The Kier molecular flexibility index (Phi) is 2.70. The number of fused-ring (bicyclic) bond motifs is 3. The van der Waals surface area contributed by atoms with E-state index in [4.69, 9.17) is 0 Å². The van der Waals surface area contributed by atoms with Crippen molar-refractivity contribution in [2.45, 2.75) is 0 Å². The van der Waals surface area contributed by atoms with Gasteiger partial charge in [-0.1, -0.05) is 91.0 Å². The van der Waals surface area contributed by atoms with Crippen LogP contribution in [0.4, 0.5) is 0 Å². The van der Waals surface area contributed by atoms with Crippen molar-refractivity contribution in [2.24, 2.45) is 0 Å². The van der Waals surface area contributed by atoms with E-state index in [-0.39, 0.29) is 0 Å². The molecule has 0 unspecified atom stereocenters. The molecule has 5 aromatic carbocycles. The molecule has 26 heavy (non-hydrogen) atoms. The zero-order chi connectivity index (χ0) is 17.1. The standard InChI is InChI=1S/C26H16/c1-2-10-20-19(6-1)16-25-21(20)11-5-12-22(25)23-15-14-18-8-3-7-17-9-4-13-24(23)26(17)18/h1-16H. The van der Waals surface area contributed by atoms with Gasteiger partial charge in [0, 0.05) is 0 Å². The molecule has 0 atom stereocenters. The van der Waals surface area contributed by atoms with E-state index in [1.165, 1.54) is 53.9 Å². The highest BCUT2D eigenvalue weighted by Gasteiger charge is 2.12. The van der Waals surface area contributed by atoms with Gasteiger partial charge in [-0.05, 0) is 60.0 Å². The van der Waals surface area contributed by atoms with Crippen molar-refractivity contribution >= 4 is 27.6 Å². The van der Waals surface area contributed by atoms with Crippen LogP contribution in [0.15, 0.2) is 91.0 Å². The smallest absolute Gasteiger partial charge is 0.00326 e. The Morgan fingerprint density at radius 1 is 0.462 bits per heavy atom. The number of rotatable bonds is 0. The minimum absolute atomic E-state index is 1.31. The zero-order valence-electron chi connectivity index (χ0n) is 14.2. The molecule has 0 saturated heterocycles. The van der Waals surface area contributed by atoms with Crippen LogP contribution in [0.3, 0.4) is 0 Å². The molecule has 0 aliphatic heterocycles. The largest absolute Gasteiger partial charge is 0.0616 e. The average Bonchev–Trinajstić information content (AvgIpc) is 3.08. The first-order valence-corrected chi connectivity index (χ1v) is 9.05. The molecule has 0 heteroatoms. The second-order valence-corrected chi connectivity index (χ2v) is 7.00. The van der Waals surface area contributed by atoms with Crippen molar-refractivity contribution in [1.29, 1.82) is 0 Å². The van der Waals surface area contributed by atoms with Crippen LogP contribution < -0.4 is 5.22 Å². The molecule has 1 aliphatic rings. The van der Waals surface area contributed by atoms with Crippen LogP contribution in [0.2, 0.25) is 0 Å². The first-order valence-electron chi connectivity index (χ1n) is 9.05. The lowest BCUT2D eigenvalue weighted by molar-refractivity contribution is 1.48. The van der Waals surface area contributed by atoms with Gasteiger partial charge in [-0.3, -0.25) is 0 Å². The molecule has 0 bridgehead atoms. The number of hydrogen-bond donors (Lipinski definition) is 0. The van der Waals surface area contributed by atoms with Gasteiger partial charge in [0.2, 0.25) is 0 Å². The van der Waals surface area contributed by atoms with Gasteiger partial charge in [-0.15, -0.1) is 0 Å². The van der Waals surface area contributed by atoms with Gasteiger partial charge in [0.15, 0.2) is 0 Å². The second kappa shape index (κ2) is 5.06. The molecule has 0 N–H and O–H groups in total. The fraction of sp³-hybridized carbons (Fsp3) is 0. The van der Waals surface area contributed by atoms with Gasteiger partial charge in [0.1, 0.15) is 0 Å². The van der Waals surface area contributed by atoms with Crippen molar-refractivity contribution in [2.75, 3.05) is 0 Å². The summed E-state index contributed by atoms with van der Waals surface area (Å²) in [6.07, 6.45) is 2.33. The van der Waals surface area contributed by atoms with Crippen LogP contribution in [0, 0.1) is 10.4 Å². The van der Waals surface area contributed by atoms with E-state index in [9.17, 15) is 0 Å². The molecule has 0 nitrogen and oxygen atoms in total. The maximum Gasteiger partial charge on any atom is -0.00326 e. The van der Waals surface area contributed by atoms with Crippen LogP contribution >= 0.6 is 0 Å². The lowest BCUT2D eigenvalue weighted by Crippen LogP contribution is -2.04.